The Hall–Kier alpha value is -1.78. The molecule has 0 amide bonds. The highest BCUT2D eigenvalue weighted by atomic mass is 16.5. The van der Waals surface area contributed by atoms with E-state index < -0.39 is 0 Å². The number of hydrogen-bond donors (Lipinski definition) is 2. The van der Waals surface area contributed by atoms with Crippen LogP contribution < -0.4 is 21.1 Å². The van der Waals surface area contributed by atoms with E-state index in [4.69, 9.17) is 16.2 Å². The van der Waals surface area contributed by atoms with Crippen molar-refractivity contribution in [1.82, 2.24) is 0 Å². The minimum Gasteiger partial charge on any atom is -0.497 e. The fraction of sp³-hybridized carbons (Fsp3) is 0.333. The summed E-state index contributed by atoms with van der Waals surface area (Å²) in [5.41, 5.74) is 12.6. The van der Waals surface area contributed by atoms with E-state index >= 15 is 0 Å². The summed E-state index contributed by atoms with van der Waals surface area (Å²) in [4.78, 5) is 2.13. The largest absolute Gasteiger partial charge is 0.497 e. The van der Waals surface area contributed by atoms with Crippen molar-refractivity contribution in [1.29, 1.82) is 0 Å². The summed E-state index contributed by atoms with van der Waals surface area (Å²) in [5, 5.41) is 2.35. The summed E-state index contributed by atoms with van der Waals surface area (Å²) in [7, 11) is 3.71. The van der Waals surface area contributed by atoms with E-state index in [0.29, 0.717) is 6.54 Å². The van der Waals surface area contributed by atoms with Crippen LogP contribution in [0.15, 0.2) is 36.4 Å². The first-order valence-electron chi connectivity index (χ1n) is 6.38. The number of nitrogens with zero attached hydrogens (tertiary/aromatic N) is 1. The van der Waals surface area contributed by atoms with Crippen LogP contribution in [0.2, 0.25) is 0 Å². The number of anilines is 1. The maximum Gasteiger partial charge on any atom is 0.119 e. The first-order chi connectivity index (χ1) is 9.13. The van der Waals surface area contributed by atoms with Crippen molar-refractivity contribution in [3.05, 3.63) is 36.4 Å². The van der Waals surface area contributed by atoms with Crippen molar-refractivity contribution in [3.63, 3.8) is 0 Å². The predicted octanol–water partition coefficient (Wildman–Crippen LogP) is 1.57. The molecule has 4 heteroatoms. The molecule has 4 nitrogen and oxygen atoms in total. The zero-order valence-corrected chi connectivity index (χ0v) is 11.5. The van der Waals surface area contributed by atoms with Gasteiger partial charge in [0.1, 0.15) is 5.75 Å². The van der Waals surface area contributed by atoms with E-state index in [1.54, 1.807) is 7.11 Å². The van der Waals surface area contributed by atoms with Gasteiger partial charge in [-0.3, -0.25) is 0 Å². The lowest BCUT2D eigenvalue weighted by Gasteiger charge is -2.23. The zero-order valence-electron chi connectivity index (χ0n) is 11.5. The lowest BCUT2D eigenvalue weighted by Crippen LogP contribution is -2.40. The number of fused-ring (bicyclic) bond motifs is 1. The van der Waals surface area contributed by atoms with Crippen LogP contribution in [0.1, 0.15) is 0 Å². The summed E-state index contributed by atoms with van der Waals surface area (Å²) >= 11 is 0. The molecule has 0 bridgehead atoms. The fourth-order valence-corrected chi connectivity index (χ4v) is 2.11. The van der Waals surface area contributed by atoms with Crippen LogP contribution in [0.3, 0.4) is 0 Å². The Morgan fingerprint density at radius 3 is 2.53 bits per heavy atom. The van der Waals surface area contributed by atoms with Gasteiger partial charge in [-0.25, -0.2) is 0 Å². The smallest absolute Gasteiger partial charge is 0.119 e. The molecule has 0 spiro atoms. The Kier molecular flexibility index (Phi) is 4.24. The highest BCUT2D eigenvalue weighted by molar-refractivity contribution is 5.87. The third kappa shape index (κ3) is 3.16. The third-order valence-corrected chi connectivity index (χ3v) is 3.28. The molecule has 2 aromatic rings. The average Bonchev–Trinajstić information content (AvgIpc) is 2.45. The lowest BCUT2D eigenvalue weighted by molar-refractivity contribution is 0.415. The van der Waals surface area contributed by atoms with Gasteiger partial charge < -0.3 is 21.1 Å². The van der Waals surface area contributed by atoms with Crippen LogP contribution in [0.25, 0.3) is 10.8 Å². The van der Waals surface area contributed by atoms with E-state index in [0.717, 1.165) is 18.0 Å². The highest BCUT2D eigenvalue weighted by Crippen LogP contribution is 2.25. The Balaban J connectivity index is 2.26. The summed E-state index contributed by atoms with van der Waals surface area (Å²) in [6.07, 6.45) is 0. The molecule has 2 aromatic carbocycles. The number of nitrogens with two attached hydrogens (primary N) is 2. The predicted molar refractivity (Wildman–Crippen MR) is 80.8 cm³/mol. The van der Waals surface area contributed by atoms with Gasteiger partial charge in [0.15, 0.2) is 0 Å². The minimum atomic E-state index is -0.00318. The molecule has 102 valence electrons. The Morgan fingerprint density at radius 1 is 1.16 bits per heavy atom. The first-order valence-corrected chi connectivity index (χ1v) is 6.38. The van der Waals surface area contributed by atoms with Gasteiger partial charge >= 0.3 is 0 Å². The molecule has 0 heterocycles. The second-order valence-electron chi connectivity index (χ2n) is 4.77. The van der Waals surface area contributed by atoms with Crippen molar-refractivity contribution >= 4 is 16.5 Å². The van der Waals surface area contributed by atoms with Gasteiger partial charge in [-0.1, -0.05) is 12.1 Å². The van der Waals surface area contributed by atoms with Gasteiger partial charge in [-0.15, -0.1) is 0 Å². The van der Waals surface area contributed by atoms with Gasteiger partial charge in [0, 0.05) is 31.9 Å². The Bertz CT molecular complexity index is 556. The van der Waals surface area contributed by atoms with Crippen LogP contribution in [0, 0.1) is 0 Å². The first kappa shape index (κ1) is 13.6. The number of ether oxygens (including phenoxy) is 1. The van der Waals surface area contributed by atoms with Crippen molar-refractivity contribution in [2.75, 3.05) is 32.1 Å². The second kappa shape index (κ2) is 5.91. The zero-order chi connectivity index (χ0) is 13.8. The van der Waals surface area contributed by atoms with Gasteiger partial charge in [0.2, 0.25) is 0 Å². The SMILES string of the molecule is COc1ccc2cc(N(C)CC(N)CN)ccc2c1. The molecule has 0 saturated heterocycles. The highest BCUT2D eigenvalue weighted by Gasteiger charge is 2.07. The van der Waals surface area contributed by atoms with Crippen molar-refractivity contribution in [2.24, 2.45) is 11.5 Å². The fourth-order valence-electron chi connectivity index (χ4n) is 2.11. The lowest BCUT2D eigenvalue weighted by atomic mass is 10.1. The quantitative estimate of drug-likeness (QED) is 0.855. The number of methoxy groups -OCH3 is 1. The van der Waals surface area contributed by atoms with Crippen LogP contribution in [-0.4, -0.2) is 33.3 Å². The van der Waals surface area contributed by atoms with Crippen molar-refractivity contribution < 1.29 is 4.74 Å². The number of hydrogen-bond acceptors (Lipinski definition) is 4. The molecule has 0 aliphatic rings. The molecular weight excluding hydrogens is 238 g/mol. The van der Waals surface area contributed by atoms with E-state index in [9.17, 15) is 0 Å². The number of likely N-dealkylation sites (N-methyl/N-ethyl adjacent to an activating group) is 1. The second-order valence-corrected chi connectivity index (χ2v) is 4.77. The molecule has 0 aliphatic heterocycles. The van der Waals surface area contributed by atoms with Gasteiger partial charge in [-0.05, 0) is 35.0 Å². The molecule has 2 rings (SSSR count). The van der Waals surface area contributed by atoms with Gasteiger partial charge in [-0.2, -0.15) is 0 Å². The normalized spacial score (nSPS) is 12.4. The van der Waals surface area contributed by atoms with Crippen LogP contribution in [0.5, 0.6) is 5.75 Å². The minimum absolute atomic E-state index is 0.00318. The molecular formula is C15H21N3O. The van der Waals surface area contributed by atoms with E-state index in [2.05, 4.69) is 29.2 Å². The maximum atomic E-state index is 5.88. The molecule has 0 radical (unpaired) electrons. The van der Waals surface area contributed by atoms with E-state index in [-0.39, 0.29) is 6.04 Å². The van der Waals surface area contributed by atoms with Crippen LogP contribution in [0.4, 0.5) is 5.69 Å². The summed E-state index contributed by atoms with van der Waals surface area (Å²) in [5.74, 6) is 0.874. The maximum absolute atomic E-state index is 5.88. The van der Waals surface area contributed by atoms with E-state index in [1.807, 2.05) is 19.2 Å². The topological polar surface area (TPSA) is 64.5 Å². The summed E-state index contributed by atoms with van der Waals surface area (Å²) < 4.78 is 5.23. The van der Waals surface area contributed by atoms with Gasteiger partial charge in [0.05, 0.1) is 7.11 Å². The standard InChI is InChI=1S/C15H21N3O/c1-18(10-13(17)9-16)14-5-3-12-8-15(19-2)6-4-11(12)7-14/h3-8,13H,9-10,16-17H2,1-2H3. The molecule has 19 heavy (non-hydrogen) atoms. The molecule has 1 unspecified atom stereocenters. The molecule has 0 aliphatic carbocycles. The average molecular weight is 259 g/mol. The molecule has 0 saturated carbocycles. The Morgan fingerprint density at radius 2 is 1.84 bits per heavy atom. The van der Waals surface area contributed by atoms with Crippen LogP contribution in [-0.2, 0) is 0 Å². The summed E-state index contributed by atoms with van der Waals surface area (Å²) in [6.45, 7) is 1.24. The van der Waals surface area contributed by atoms with E-state index in [1.165, 1.54) is 10.8 Å². The van der Waals surface area contributed by atoms with Crippen molar-refractivity contribution in [2.45, 2.75) is 6.04 Å². The monoisotopic (exact) mass is 259 g/mol. The number of benzene rings is 2. The van der Waals surface area contributed by atoms with Crippen molar-refractivity contribution in [3.8, 4) is 5.75 Å². The third-order valence-electron chi connectivity index (χ3n) is 3.28. The molecule has 1 atom stereocenters. The molecule has 0 fully saturated rings. The summed E-state index contributed by atoms with van der Waals surface area (Å²) in [6, 6.07) is 12.4. The molecule has 4 N–H and O–H groups in total. The van der Waals surface area contributed by atoms with Crippen LogP contribution >= 0.6 is 0 Å². The molecule has 0 aromatic heterocycles. The Labute approximate surface area is 113 Å². The number of rotatable bonds is 5. The van der Waals surface area contributed by atoms with Gasteiger partial charge in [0.25, 0.3) is 0 Å².